The van der Waals surface area contributed by atoms with E-state index in [4.69, 9.17) is 9.47 Å². The van der Waals surface area contributed by atoms with Gasteiger partial charge in [-0.3, -0.25) is 0 Å². The molecule has 0 heterocycles. The quantitative estimate of drug-likeness (QED) is 0.830. The van der Waals surface area contributed by atoms with Crippen molar-refractivity contribution in [3.05, 3.63) is 29.3 Å². The molecule has 2 unspecified atom stereocenters. The monoisotopic (exact) mass is 291 g/mol. The number of likely N-dealkylation sites (N-methyl/N-ethyl adjacent to an activating group) is 1. The molecule has 0 saturated carbocycles. The Morgan fingerprint density at radius 1 is 1.33 bits per heavy atom. The zero-order valence-corrected chi connectivity index (χ0v) is 13.8. The van der Waals surface area contributed by atoms with Crippen LogP contribution in [-0.2, 0) is 11.2 Å². The van der Waals surface area contributed by atoms with Gasteiger partial charge in [0.2, 0.25) is 0 Å². The third-order valence-corrected chi connectivity index (χ3v) is 4.21. The summed E-state index contributed by atoms with van der Waals surface area (Å²) >= 11 is 0. The summed E-state index contributed by atoms with van der Waals surface area (Å²) in [4.78, 5) is 0. The van der Waals surface area contributed by atoms with Crippen LogP contribution < -0.4 is 10.1 Å². The number of methoxy groups -OCH3 is 1. The smallest absolute Gasteiger partial charge is 0.119 e. The molecule has 0 amide bonds. The lowest BCUT2D eigenvalue weighted by atomic mass is 9.85. The molecule has 0 radical (unpaired) electrons. The second-order valence-electron chi connectivity index (χ2n) is 6.23. The lowest BCUT2D eigenvalue weighted by Gasteiger charge is -2.34. The van der Waals surface area contributed by atoms with Crippen LogP contribution in [0.2, 0.25) is 0 Å². The molecule has 0 aromatic heterocycles. The van der Waals surface area contributed by atoms with Crippen LogP contribution in [0.3, 0.4) is 0 Å². The minimum Gasteiger partial charge on any atom is -0.497 e. The first-order valence-corrected chi connectivity index (χ1v) is 8.17. The van der Waals surface area contributed by atoms with E-state index in [-0.39, 0.29) is 12.1 Å². The number of benzene rings is 1. The number of ether oxygens (including phenoxy) is 2. The van der Waals surface area contributed by atoms with Crippen LogP contribution >= 0.6 is 0 Å². The van der Waals surface area contributed by atoms with E-state index < -0.39 is 0 Å². The summed E-state index contributed by atoms with van der Waals surface area (Å²) in [7, 11) is 1.73. The standard InChI is InChI=1S/C18H29NO2/c1-5-19-18-16-12-15(20-4)8-6-14(16)7-9-17(18)21-11-10-13(2)3/h6,8,12-13,17-19H,5,7,9-11H2,1-4H3. The SMILES string of the molecule is CCNC1c2cc(OC)ccc2CCC1OCCC(C)C. The van der Waals surface area contributed by atoms with Crippen LogP contribution in [0.25, 0.3) is 0 Å². The Labute approximate surface area is 129 Å². The van der Waals surface area contributed by atoms with E-state index in [9.17, 15) is 0 Å². The van der Waals surface area contributed by atoms with Gasteiger partial charge >= 0.3 is 0 Å². The van der Waals surface area contributed by atoms with Crippen molar-refractivity contribution in [3.63, 3.8) is 0 Å². The van der Waals surface area contributed by atoms with E-state index in [0.717, 1.165) is 38.2 Å². The molecule has 1 aliphatic rings. The lowest BCUT2D eigenvalue weighted by molar-refractivity contribution is 0.0108. The van der Waals surface area contributed by atoms with Crippen LogP contribution in [-0.4, -0.2) is 26.4 Å². The molecule has 118 valence electrons. The average Bonchev–Trinajstić information content (AvgIpc) is 2.48. The largest absolute Gasteiger partial charge is 0.497 e. The van der Waals surface area contributed by atoms with E-state index in [1.54, 1.807) is 7.11 Å². The Hall–Kier alpha value is -1.06. The highest BCUT2D eigenvalue weighted by molar-refractivity contribution is 5.40. The molecule has 3 nitrogen and oxygen atoms in total. The maximum atomic E-state index is 6.19. The third kappa shape index (κ3) is 4.21. The zero-order valence-electron chi connectivity index (χ0n) is 13.8. The van der Waals surface area contributed by atoms with Gasteiger partial charge in [-0.25, -0.2) is 0 Å². The topological polar surface area (TPSA) is 30.5 Å². The fourth-order valence-corrected chi connectivity index (χ4v) is 2.98. The zero-order chi connectivity index (χ0) is 15.2. The molecule has 0 bridgehead atoms. The molecule has 0 saturated heterocycles. The number of fused-ring (bicyclic) bond motifs is 1. The summed E-state index contributed by atoms with van der Waals surface area (Å²) in [6.45, 7) is 8.44. The molecule has 1 aliphatic carbocycles. The second-order valence-corrected chi connectivity index (χ2v) is 6.23. The molecule has 0 spiro atoms. The Bertz CT molecular complexity index is 445. The minimum absolute atomic E-state index is 0.267. The van der Waals surface area contributed by atoms with E-state index in [1.165, 1.54) is 11.1 Å². The van der Waals surface area contributed by atoms with Gasteiger partial charge in [-0.1, -0.05) is 26.8 Å². The first-order valence-electron chi connectivity index (χ1n) is 8.17. The fraction of sp³-hybridized carbons (Fsp3) is 0.667. The van der Waals surface area contributed by atoms with Gasteiger partial charge < -0.3 is 14.8 Å². The molecule has 1 aromatic rings. The van der Waals surface area contributed by atoms with Crippen molar-refractivity contribution in [3.8, 4) is 5.75 Å². The van der Waals surface area contributed by atoms with Gasteiger partial charge in [0.1, 0.15) is 5.75 Å². The van der Waals surface area contributed by atoms with E-state index in [1.807, 2.05) is 0 Å². The van der Waals surface area contributed by atoms with Crippen LogP contribution in [0.15, 0.2) is 18.2 Å². The van der Waals surface area contributed by atoms with Gasteiger partial charge in [-0.15, -0.1) is 0 Å². The third-order valence-electron chi connectivity index (χ3n) is 4.21. The Morgan fingerprint density at radius 2 is 2.14 bits per heavy atom. The molecule has 2 rings (SSSR count). The molecule has 3 heteroatoms. The highest BCUT2D eigenvalue weighted by Gasteiger charge is 2.30. The highest BCUT2D eigenvalue weighted by atomic mass is 16.5. The van der Waals surface area contributed by atoms with E-state index >= 15 is 0 Å². The van der Waals surface area contributed by atoms with Crippen molar-refractivity contribution in [2.75, 3.05) is 20.3 Å². The van der Waals surface area contributed by atoms with Crippen molar-refractivity contribution in [1.82, 2.24) is 5.32 Å². The number of nitrogens with one attached hydrogen (secondary N) is 1. The lowest BCUT2D eigenvalue weighted by Crippen LogP contribution is -2.38. The normalized spacial score (nSPS) is 21.4. The molecular weight excluding hydrogens is 262 g/mol. The molecule has 1 aromatic carbocycles. The summed E-state index contributed by atoms with van der Waals surface area (Å²) in [5.41, 5.74) is 2.77. The van der Waals surface area contributed by atoms with Crippen LogP contribution in [0.5, 0.6) is 5.75 Å². The highest BCUT2D eigenvalue weighted by Crippen LogP contribution is 2.34. The average molecular weight is 291 g/mol. The summed E-state index contributed by atoms with van der Waals surface area (Å²) in [5.74, 6) is 1.62. The molecule has 0 aliphatic heterocycles. The summed E-state index contributed by atoms with van der Waals surface area (Å²) in [6, 6.07) is 6.70. The van der Waals surface area contributed by atoms with Gasteiger partial charge in [0.15, 0.2) is 0 Å². The molecule has 21 heavy (non-hydrogen) atoms. The van der Waals surface area contributed by atoms with Gasteiger partial charge in [0.05, 0.1) is 19.3 Å². The number of rotatable bonds is 7. The molecule has 1 N–H and O–H groups in total. The van der Waals surface area contributed by atoms with Gasteiger partial charge in [0.25, 0.3) is 0 Å². The number of hydrogen-bond acceptors (Lipinski definition) is 3. The van der Waals surface area contributed by atoms with E-state index in [2.05, 4.69) is 44.3 Å². The fourth-order valence-electron chi connectivity index (χ4n) is 2.98. The predicted octanol–water partition coefficient (Wildman–Crippen LogP) is 3.72. The maximum Gasteiger partial charge on any atom is 0.119 e. The first kappa shape index (κ1) is 16.3. The Balaban J connectivity index is 2.13. The van der Waals surface area contributed by atoms with Crippen molar-refractivity contribution in [1.29, 1.82) is 0 Å². The van der Waals surface area contributed by atoms with Gasteiger partial charge in [-0.2, -0.15) is 0 Å². The van der Waals surface area contributed by atoms with Gasteiger partial charge in [-0.05, 0) is 55.0 Å². The first-order chi connectivity index (χ1) is 10.2. The van der Waals surface area contributed by atoms with Crippen molar-refractivity contribution in [2.45, 2.75) is 52.2 Å². The van der Waals surface area contributed by atoms with Crippen molar-refractivity contribution >= 4 is 0 Å². The summed E-state index contributed by atoms with van der Waals surface area (Å²) in [5, 5.41) is 3.60. The van der Waals surface area contributed by atoms with E-state index in [0.29, 0.717) is 5.92 Å². The summed E-state index contributed by atoms with van der Waals surface area (Å²) in [6.07, 6.45) is 3.58. The predicted molar refractivity (Wildman–Crippen MR) is 86.9 cm³/mol. The Kier molecular flexibility index (Phi) is 6.07. The van der Waals surface area contributed by atoms with Crippen molar-refractivity contribution < 1.29 is 9.47 Å². The molecule has 0 fully saturated rings. The van der Waals surface area contributed by atoms with Crippen LogP contribution in [0.1, 0.15) is 50.8 Å². The van der Waals surface area contributed by atoms with Crippen LogP contribution in [0, 0.1) is 5.92 Å². The number of aryl methyl sites for hydroxylation is 1. The van der Waals surface area contributed by atoms with Gasteiger partial charge in [0, 0.05) is 6.61 Å². The Morgan fingerprint density at radius 3 is 2.81 bits per heavy atom. The second kappa shape index (κ2) is 7.81. The molecule has 2 atom stereocenters. The number of hydrogen-bond donors (Lipinski definition) is 1. The van der Waals surface area contributed by atoms with Crippen LogP contribution in [0.4, 0.5) is 0 Å². The summed E-state index contributed by atoms with van der Waals surface area (Å²) < 4.78 is 11.6. The van der Waals surface area contributed by atoms with Crippen molar-refractivity contribution in [2.24, 2.45) is 5.92 Å². The molecular formula is C18H29NO2. The maximum absolute atomic E-state index is 6.19. The minimum atomic E-state index is 0.267.